The molecule has 0 bridgehead atoms. The minimum Gasteiger partial charge on any atom is -0.321 e. The van der Waals surface area contributed by atoms with Crippen molar-refractivity contribution < 1.29 is 13.2 Å². The lowest BCUT2D eigenvalue weighted by Gasteiger charge is -2.10. The second-order valence-corrected chi connectivity index (χ2v) is 3.61. The number of nitrogens with one attached hydrogen (secondary N) is 1. The molecule has 2 rings (SSSR count). The van der Waals surface area contributed by atoms with Crippen molar-refractivity contribution in [3.63, 3.8) is 0 Å². The first kappa shape index (κ1) is 11.0. The zero-order valence-corrected chi connectivity index (χ0v) is 8.49. The zero-order chi connectivity index (χ0) is 11.9. The molecule has 16 heavy (non-hydrogen) atoms. The SMILES string of the molecule is O=c1cc(C(F)(F)F)c2cccc(Cl)c2[nH]1. The van der Waals surface area contributed by atoms with Crippen LogP contribution in [0.3, 0.4) is 0 Å². The summed E-state index contributed by atoms with van der Waals surface area (Å²) in [5.74, 6) is 0. The molecule has 1 aromatic carbocycles. The monoisotopic (exact) mass is 247 g/mol. The fraction of sp³-hybridized carbons (Fsp3) is 0.100. The Morgan fingerprint density at radius 2 is 1.94 bits per heavy atom. The van der Waals surface area contributed by atoms with E-state index in [1.165, 1.54) is 18.2 Å². The van der Waals surface area contributed by atoms with Gasteiger partial charge in [-0.2, -0.15) is 13.2 Å². The summed E-state index contributed by atoms with van der Waals surface area (Å²) in [6.45, 7) is 0. The minimum atomic E-state index is -4.57. The maximum absolute atomic E-state index is 12.6. The van der Waals surface area contributed by atoms with E-state index in [-0.39, 0.29) is 15.9 Å². The van der Waals surface area contributed by atoms with Crippen molar-refractivity contribution in [1.82, 2.24) is 4.98 Å². The van der Waals surface area contributed by atoms with Crippen LogP contribution in [0.4, 0.5) is 13.2 Å². The molecule has 0 aliphatic heterocycles. The molecule has 2 aromatic rings. The summed E-state index contributed by atoms with van der Waals surface area (Å²) < 4.78 is 37.9. The van der Waals surface area contributed by atoms with Crippen molar-refractivity contribution >= 4 is 22.5 Å². The second kappa shape index (κ2) is 3.52. The van der Waals surface area contributed by atoms with Crippen LogP contribution in [0.2, 0.25) is 5.02 Å². The Labute approximate surface area is 92.7 Å². The van der Waals surface area contributed by atoms with Crippen LogP contribution in [0, 0.1) is 0 Å². The number of fused-ring (bicyclic) bond motifs is 1. The van der Waals surface area contributed by atoms with E-state index >= 15 is 0 Å². The third-order valence-electron chi connectivity index (χ3n) is 2.13. The summed E-state index contributed by atoms with van der Waals surface area (Å²) in [5, 5.41) is -0.0275. The Morgan fingerprint density at radius 1 is 1.25 bits per heavy atom. The van der Waals surface area contributed by atoms with E-state index in [1.54, 1.807) is 0 Å². The van der Waals surface area contributed by atoms with Crippen molar-refractivity contribution in [1.29, 1.82) is 0 Å². The van der Waals surface area contributed by atoms with Gasteiger partial charge in [-0.1, -0.05) is 23.7 Å². The third-order valence-corrected chi connectivity index (χ3v) is 2.45. The van der Waals surface area contributed by atoms with Gasteiger partial charge in [0.25, 0.3) is 0 Å². The molecule has 0 amide bonds. The molecular formula is C10H5ClF3NO. The van der Waals surface area contributed by atoms with Gasteiger partial charge in [0.15, 0.2) is 0 Å². The van der Waals surface area contributed by atoms with Crippen LogP contribution < -0.4 is 5.56 Å². The van der Waals surface area contributed by atoms with Gasteiger partial charge in [-0.05, 0) is 6.07 Å². The predicted octanol–water partition coefficient (Wildman–Crippen LogP) is 3.20. The molecule has 0 unspecified atom stereocenters. The molecule has 1 N–H and O–H groups in total. The average Bonchev–Trinajstić information content (AvgIpc) is 2.17. The summed E-state index contributed by atoms with van der Waals surface area (Å²) >= 11 is 5.71. The number of pyridine rings is 1. The molecule has 0 saturated carbocycles. The fourth-order valence-corrected chi connectivity index (χ4v) is 1.70. The number of aromatic nitrogens is 1. The van der Waals surface area contributed by atoms with Crippen molar-refractivity contribution in [3.8, 4) is 0 Å². The summed E-state index contributed by atoms with van der Waals surface area (Å²) in [7, 11) is 0. The molecule has 1 aromatic heterocycles. The van der Waals surface area contributed by atoms with Crippen LogP contribution >= 0.6 is 11.6 Å². The van der Waals surface area contributed by atoms with E-state index < -0.39 is 17.3 Å². The minimum absolute atomic E-state index is 0.00370. The maximum Gasteiger partial charge on any atom is 0.417 e. The number of H-pyrrole nitrogens is 1. The van der Waals surface area contributed by atoms with Gasteiger partial charge in [-0.3, -0.25) is 4.79 Å². The smallest absolute Gasteiger partial charge is 0.321 e. The molecule has 0 spiro atoms. The van der Waals surface area contributed by atoms with Crippen molar-refractivity contribution in [2.75, 3.05) is 0 Å². The Bertz CT molecular complexity index is 603. The molecule has 2 nitrogen and oxygen atoms in total. The zero-order valence-electron chi connectivity index (χ0n) is 7.73. The fourth-order valence-electron chi connectivity index (χ4n) is 1.48. The number of benzene rings is 1. The Hall–Kier alpha value is -1.49. The first-order valence-corrected chi connectivity index (χ1v) is 4.66. The predicted molar refractivity (Wildman–Crippen MR) is 54.6 cm³/mol. The van der Waals surface area contributed by atoms with Gasteiger partial charge in [-0.25, -0.2) is 0 Å². The maximum atomic E-state index is 12.6. The number of hydrogen-bond donors (Lipinski definition) is 1. The number of halogens is 4. The lowest BCUT2D eigenvalue weighted by Crippen LogP contribution is -2.13. The molecule has 0 aliphatic rings. The van der Waals surface area contributed by atoms with Gasteiger partial charge in [-0.15, -0.1) is 0 Å². The van der Waals surface area contributed by atoms with Crippen molar-refractivity contribution in [3.05, 3.63) is 45.2 Å². The number of rotatable bonds is 0. The van der Waals surface area contributed by atoms with E-state index in [1.807, 2.05) is 0 Å². The van der Waals surface area contributed by atoms with Crippen molar-refractivity contribution in [2.45, 2.75) is 6.18 Å². The van der Waals surface area contributed by atoms with E-state index in [9.17, 15) is 18.0 Å². The molecule has 6 heteroatoms. The summed E-state index contributed by atoms with van der Waals surface area (Å²) in [6.07, 6.45) is -4.57. The summed E-state index contributed by atoms with van der Waals surface area (Å²) in [5.41, 5.74) is -1.80. The van der Waals surface area contributed by atoms with Crippen LogP contribution in [0.25, 0.3) is 10.9 Å². The quantitative estimate of drug-likeness (QED) is 0.762. The first-order chi connectivity index (χ1) is 7.39. The highest BCUT2D eigenvalue weighted by Gasteiger charge is 2.33. The van der Waals surface area contributed by atoms with Gasteiger partial charge >= 0.3 is 6.18 Å². The van der Waals surface area contributed by atoms with Gasteiger partial charge in [0, 0.05) is 11.5 Å². The van der Waals surface area contributed by atoms with Crippen LogP contribution in [0.15, 0.2) is 29.1 Å². The van der Waals surface area contributed by atoms with Crippen molar-refractivity contribution in [2.24, 2.45) is 0 Å². The molecule has 0 aliphatic carbocycles. The molecule has 0 fully saturated rings. The number of hydrogen-bond acceptors (Lipinski definition) is 1. The Kier molecular flexibility index (Phi) is 2.42. The average molecular weight is 248 g/mol. The highest BCUT2D eigenvalue weighted by atomic mass is 35.5. The lowest BCUT2D eigenvalue weighted by atomic mass is 10.1. The van der Waals surface area contributed by atoms with E-state index in [0.29, 0.717) is 6.07 Å². The van der Waals surface area contributed by atoms with Gasteiger partial charge in [0.2, 0.25) is 5.56 Å². The van der Waals surface area contributed by atoms with Gasteiger partial charge < -0.3 is 4.98 Å². The van der Waals surface area contributed by atoms with E-state index in [0.717, 1.165) is 0 Å². The third kappa shape index (κ3) is 1.78. The van der Waals surface area contributed by atoms with Crippen LogP contribution in [-0.2, 0) is 6.18 Å². The Balaban J connectivity index is 2.95. The topological polar surface area (TPSA) is 32.9 Å². The summed E-state index contributed by atoms with van der Waals surface area (Å²) in [4.78, 5) is 13.4. The second-order valence-electron chi connectivity index (χ2n) is 3.21. The molecule has 84 valence electrons. The normalized spacial score (nSPS) is 12.0. The number of para-hydroxylation sites is 1. The van der Waals surface area contributed by atoms with Crippen LogP contribution in [0.1, 0.15) is 5.56 Å². The standard InChI is InChI=1S/C10H5ClF3NO/c11-7-3-1-2-5-6(10(12,13)14)4-8(16)15-9(5)7/h1-4H,(H,15,16). The largest absolute Gasteiger partial charge is 0.417 e. The van der Waals surface area contributed by atoms with E-state index in [4.69, 9.17) is 11.6 Å². The highest BCUT2D eigenvalue weighted by Crippen LogP contribution is 2.34. The van der Waals surface area contributed by atoms with E-state index in [2.05, 4.69) is 4.98 Å². The summed E-state index contributed by atoms with van der Waals surface area (Å²) in [6, 6.07) is 4.61. The Morgan fingerprint density at radius 3 is 2.56 bits per heavy atom. The molecule has 0 radical (unpaired) electrons. The number of alkyl halides is 3. The first-order valence-electron chi connectivity index (χ1n) is 4.28. The van der Waals surface area contributed by atoms with Gasteiger partial charge in [0.1, 0.15) is 0 Å². The number of aromatic amines is 1. The van der Waals surface area contributed by atoms with Crippen LogP contribution in [0.5, 0.6) is 0 Å². The highest BCUT2D eigenvalue weighted by molar-refractivity contribution is 6.35. The van der Waals surface area contributed by atoms with Crippen LogP contribution in [-0.4, -0.2) is 4.98 Å². The van der Waals surface area contributed by atoms with Gasteiger partial charge in [0.05, 0.1) is 16.1 Å². The molecule has 0 atom stereocenters. The molecule has 0 saturated heterocycles. The molecule has 1 heterocycles. The molecular weight excluding hydrogens is 243 g/mol. The lowest BCUT2D eigenvalue weighted by molar-refractivity contribution is -0.136.